The molecular weight excluding hydrogens is 390 g/mol. The summed E-state index contributed by atoms with van der Waals surface area (Å²) < 4.78 is 1.10. The number of amides is 1. The number of fused-ring (bicyclic) bond motifs is 2. The van der Waals surface area contributed by atoms with Crippen molar-refractivity contribution in [3.63, 3.8) is 0 Å². The Morgan fingerprint density at radius 2 is 1.93 bits per heavy atom. The molecule has 0 bridgehead atoms. The summed E-state index contributed by atoms with van der Waals surface area (Å²) in [5, 5.41) is 22.2. The molecular formula is C20H15N5O5. The highest BCUT2D eigenvalue weighted by molar-refractivity contribution is 6.02. The lowest BCUT2D eigenvalue weighted by Gasteiger charge is -2.11. The number of nitrogens with zero attached hydrogens (tertiary/aromatic N) is 4. The van der Waals surface area contributed by atoms with Crippen molar-refractivity contribution in [1.29, 1.82) is 0 Å². The van der Waals surface area contributed by atoms with E-state index in [0.29, 0.717) is 11.4 Å². The van der Waals surface area contributed by atoms with E-state index in [-0.39, 0.29) is 11.0 Å². The molecule has 0 radical (unpaired) electrons. The van der Waals surface area contributed by atoms with E-state index in [2.05, 4.69) is 20.3 Å². The number of nitrogens with one attached hydrogen (secondary N) is 1. The van der Waals surface area contributed by atoms with Gasteiger partial charge in [0.1, 0.15) is 23.5 Å². The Hall–Kier alpha value is -4.34. The Kier molecular flexibility index (Phi) is 4.59. The molecule has 1 aromatic carbocycles. The Balaban J connectivity index is 1.84. The number of aromatic hydroxyl groups is 1. The minimum Gasteiger partial charge on any atom is -0.506 e. The fourth-order valence-electron chi connectivity index (χ4n) is 3.08. The van der Waals surface area contributed by atoms with Crippen molar-refractivity contribution in [2.75, 3.05) is 6.54 Å². The summed E-state index contributed by atoms with van der Waals surface area (Å²) in [6, 6.07) is 9.39. The normalized spacial score (nSPS) is 11.0. The predicted molar refractivity (Wildman–Crippen MR) is 107 cm³/mol. The third-order valence-corrected chi connectivity index (χ3v) is 4.57. The fraction of sp³-hybridized carbons (Fsp3) is 0.100. The molecule has 0 aliphatic heterocycles. The monoisotopic (exact) mass is 405 g/mol. The standard InChI is InChI=1S/C20H15N5O5/c1-25-18-12(16(28)15(20(25)30)19(29)23-9-14(26)27)8-22-17(24-18)11-6-10-4-2-3-5-13(10)21-7-11/h2-8,28H,9H2,1H3,(H,23,29)(H,26,27). The van der Waals surface area contributed by atoms with Crippen molar-refractivity contribution in [2.24, 2.45) is 7.05 Å². The Morgan fingerprint density at radius 3 is 2.70 bits per heavy atom. The lowest BCUT2D eigenvalue weighted by molar-refractivity contribution is -0.135. The summed E-state index contributed by atoms with van der Waals surface area (Å²) in [6.07, 6.45) is 2.91. The van der Waals surface area contributed by atoms with Crippen LogP contribution in [-0.4, -0.2) is 48.2 Å². The highest BCUT2D eigenvalue weighted by Gasteiger charge is 2.23. The zero-order valence-electron chi connectivity index (χ0n) is 15.7. The van der Waals surface area contributed by atoms with Gasteiger partial charge in [0.15, 0.2) is 5.82 Å². The summed E-state index contributed by atoms with van der Waals surface area (Å²) >= 11 is 0. The molecule has 0 aliphatic carbocycles. The molecule has 0 spiro atoms. The topological polar surface area (TPSA) is 147 Å². The summed E-state index contributed by atoms with van der Waals surface area (Å²) in [7, 11) is 1.40. The number of pyridine rings is 2. The molecule has 0 saturated carbocycles. The van der Waals surface area contributed by atoms with Gasteiger partial charge < -0.3 is 15.5 Å². The molecule has 3 N–H and O–H groups in total. The predicted octanol–water partition coefficient (Wildman–Crippen LogP) is 1.06. The van der Waals surface area contributed by atoms with E-state index in [4.69, 9.17) is 5.11 Å². The molecule has 10 nitrogen and oxygen atoms in total. The first-order valence-electron chi connectivity index (χ1n) is 8.80. The molecule has 3 heterocycles. The van der Waals surface area contributed by atoms with Crippen LogP contribution in [0.5, 0.6) is 5.75 Å². The summed E-state index contributed by atoms with van der Waals surface area (Å²) in [6.45, 7) is -0.691. The van der Waals surface area contributed by atoms with Gasteiger partial charge in [-0.1, -0.05) is 18.2 Å². The van der Waals surface area contributed by atoms with Gasteiger partial charge in [0.25, 0.3) is 11.5 Å². The number of carboxylic acid groups (broad SMARTS) is 1. The lowest BCUT2D eigenvalue weighted by Crippen LogP contribution is -2.35. The van der Waals surface area contributed by atoms with Crippen LogP contribution in [0.1, 0.15) is 10.4 Å². The molecule has 0 unspecified atom stereocenters. The average molecular weight is 405 g/mol. The van der Waals surface area contributed by atoms with Crippen LogP contribution in [0.3, 0.4) is 0 Å². The molecule has 0 aliphatic rings. The van der Waals surface area contributed by atoms with Gasteiger partial charge in [-0.2, -0.15) is 0 Å². The first-order chi connectivity index (χ1) is 14.4. The summed E-state index contributed by atoms with van der Waals surface area (Å²) in [4.78, 5) is 48.5. The van der Waals surface area contributed by atoms with E-state index in [1.807, 2.05) is 30.3 Å². The molecule has 1 amide bonds. The Morgan fingerprint density at radius 1 is 1.17 bits per heavy atom. The van der Waals surface area contributed by atoms with Crippen LogP contribution in [0.15, 0.2) is 47.5 Å². The van der Waals surface area contributed by atoms with Crippen molar-refractivity contribution in [1.82, 2.24) is 24.8 Å². The second-order valence-electron chi connectivity index (χ2n) is 6.51. The number of para-hydroxylation sites is 1. The summed E-state index contributed by atoms with van der Waals surface area (Å²) in [5.41, 5.74) is 0.152. The number of hydrogen-bond donors (Lipinski definition) is 3. The van der Waals surface area contributed by atoms with Crippen LogP contribution >= 0.6 is 0 Å². The number of carbonyl (C=O) groups excluding carboxylic acids is 1. The number of hydrogen-bond acceptors (Lipinski definition) is 7. The van der Waals surface area contributed by atoms with E-state index in [1.54, 1.807) is 6.20 Å². The Labute approximate surface area is 168 Å². The van der Waals surface area contributed by atoms with Crippen molar-refractivity contribution in [2.45, 2.75) is 0 Å². The smallest absolute Gasteiger partial charge is 0.322 e. The molecule has 150 valence electrons. The van der Waals surface area contributed by atoms with Crippen LogP contribution in [-0.2, 0) is 11.8 Å². The minimum atomic E-state index is -1.28. The average Bonchev–Trinajstić information content (AvgIpc) is 2.75. The van der Waals surface area contributed by atoms with Gasteiger partial charge in [-0.15, -0.1) is 0 Å². The number of aliphatic carboxylic acids is 1. The van der Waals surface area contributed by atoms with Gasteiger partial charge in [-0.05, 0) is 12.1 Å². The van der Waals surface area contributed by atoms with Gasteiger partial charge >= 0.3 is 5.97 Å². The van der Waals surface area contributed by atoms with E-state index >= 15 is 0 Å². The van der Waals surface area contributed by atoms with Crippen LogP contribution < -0.4 is 10.9 Å². The fourth-order valence-corrected chi connectivity index (χ4v) is 3.08. The van der Waals surface area contributed by atoms with Gasteiger partial charge in [-0.25, -0.2) is 9.97 Å². The minimum absolute atomic E-state index is 0.0788. The molecule has 10 heteroatoms. The maximum absolute atomic E-state index is 12.6. The van der Waals surface area contributed by atoms with E-state index < -0.39 is 35.3 Å². The molecule has 30 heavy (non-hydrogen) atoms. The van der Waals surface area contributed by atoms with Crippen molar-refractivity contribution < 1.29 is 19.8 Å². The second-order valence-corrected chi connectivity index (χ2v) is 6.51. The SMILES string of the molecule is Cn1c(=O)c(C(=O)NCC(=O)O)c(O)c2cnc(-c3cnc4ccccc4c3)nc21. The molecule has 0 fully saturated rings. The third kappa shape index (κ3) is 3.20. The highest BCUT2D eigenvalue weighted by atomic mass is 16.4. The van der Waals surface area contributed by atoms with Crippen molar-refractivity contribution in [3.05, 3.63) is 58.6 Å². The molecule has 3 aromatic heterocycles. The number of benzene rings is 1. The first-order valence-corrected chi connectivity index (χ1v) is 8.80. The quantitative estimate of drug-likeness (QED) is 0.457. The molecule has 0 saturated heterocycles. The van der Waals surface area contributed by atoms with E-state index in [0.717, 1.165) is 15.5 Å². The van der Waals surface area contributed by atoms with Crippen molar-refractivity contribution >= 4 is 33.8 Å². The largest absolute Gasteiger partial charge is 0.506 e. The number of aromatic nitrogens is 4. The van der Waals surface area contributed by atoms with Crippen LogP contribution in [0.4, 0.5) is 0 Å². The number of rotatable bonds is 4. The molecule has 4 aromatic rings. The zero-order valence-corrected chi connectivity index (χ0v) is 15.7. The van der Waals surface area contributed by atoms with Gasteiger partial charge in [0, 0.05) is 30.4 Å². The number of aryl methyl sites for hydroxylation is 1. The zero-order chi connectivity index (χ0) is 21.4. The molecule has 0 atom stereocenters. The van der Waals surface area contributed by atoms with Crippen LogP contribution in [0, 0.1) is 0 Å². The van der Waals surface area contributed by atoms with Gasteiger partial charge in [0.05, 0.1) is 10.9 Å². The van der Waals surface area contributed by atoms with Crippen LogP contribution in [0.2, 0.25) is 0 Å². The third-order valence-electron chi connectivity index (χ3n) is 4.57. The van der Waals surface area contributed by atoms with Crippen LogP contribution in [0.25, 0.3) is 33.3 Å². The van der Waals surface area contributed by atoms with Gasteiger partial charge in [-0.3, -0.25) is 23.9 Å². The Bertz CT molecular complexity index is 1400. The summed E-state index contributed by atoms with van der Waals surface area (Å²) in [5.74, 6) is -2.60. The lowest BCUT2D eigenvalue weighted by atomic mass is 10.1. The van der Waals surface area contributed by atoms with E-state index in [1.165, 1.54) is 13.2 Å². The van der Waals surface area contributed by atoms with Gasteiger partial charge in [0.2, 0.25) is 0 Å². The first kappa shape index (κ1) is 19.0. The maximum Gasteiger partial charge on any atom is 0.322 e. The molecule has 4 rings (SSSR count). The highest BCUT2D eigenvalue weighted by Crippen LogP contribution is 2.27. The van der Waals surface area contributed by atoms with Crippen molar-refractivity contribution in [3.8, 4) is 17.1 Å². The second kappa shape index (κ2) is 7.24. The van der Waals surface area contributed by atoms with E-state index in [9.17, 15) is 19.5 Å². The number of carbonyl (C=O) groups is 2. The number of carboxylic acids is 1. The maximum atomic E-state index is 12.6.